The average Bonchev–Trinajstić information content (AvgIpc) is 2.91. The molecule has 0 saturated heterocycles. The molecule has 0 aliphatic heterocycles. The molecule has 36 heavy (non-hydrogen) atoms. The Labute approximate surface area is 211 Å². The number of carbonyl (C=O) groups excluding carboxylic acids is 1. The normalized spacial score (nSPS) is 15.5. The van der Waals surface area contributed by atoms with Crippen molar-refractivity contribution in [3.05, 3.63) is 107 Å². The van der Waals surface area contributed by atoms with Crippen LogP contribution in [0.5, 0.6) is 5.75 Å². The Kier molecular flexibility index (Phi) is 6.61. The summed E-state index contributed by atoms with van der Waals surface area (Å²) in [6, 6.07) is 26.2. The number of methoxy groups -OCH3 is 1. The van der Waals surface area contributed by atoms with Crippen LogP contribution in [0.4, 0.5) is 0 Å². The third-order valence-electron chi connectivity index (χ3n) is 6.69. The highest BCUT2D eigenvalue weighted by atomic mass is 32.2. The van der Waals surface area contributed by atoms with Crippen LogP contribution < -0.4 is 9.46 Å². The van der Waals surface area contributed by atoms with E-state index in [1.54, 1.807) is 25.3 Å². The van der Waals surface area contributed by atoms with Gasteiger partial charge in [-0.1, -0.05) is 84.9 Å². The van der Waals surface area contributed by atoms with Crippen LogP contribution in [0.15, 0.2) is 89.8 Å². The molecule has 0 saturated carbocycles. The second-order valence-electron chi connectivity index (χ2n) is 8.89. The quantitative estimate of drug-likeness (QED) is 0.335. The maximum Gasteiger partial charge on any atom is 0.264 e. The van der Waals surface area contributed by atoms with Crippen molar-refractivity contribution in [2.45, 2.75) is 30.1 Å². The Balaban J connectivity index is 1.49. The molecule has 1 atom stereocenters. The number of fused-ring (bicyclic) bond motifs is 2. The summed E-state index contributed by atoms with van der Waals surface area (Å²) in [4.78, 5) is 13.6. The van der Waals surface area contributed by atoms with E-state index >= 15 is 0 Å². The summed E-state index contributed by atoms with van der Waals surface area (Å²) in [5.74, 6) is -0.561. The zero-order valence-electron chi connectivity index (χ0n) is 20.0. The van der Waals surface area contributed by atoms with Crippen LogP contribution in [-0.2, 0) is 21.2 Å². The summed E-state index contributed by atoms with van der Waals surface area (Å²) < 4.78 is 34.6. The smallest absolute Gasteiger partial charge is 0.264 e. The lowest BCUT2D eigenvalue weighted by Crippen LogP contribution is -2.36. The first-order chi connectivity index (χ1) is 17.5. The zero-order valence-corrected chi connectivity index (χ0v) is 20.8. The van der Waals surface area contributed by atoms with Crippen molar-refractivity contribution in [2.24, 2.45) is 0 Å². The van der Waals surface area contributed by atoms with Gasteiger partial charge < -0.3 is 4.74 Å². The molecule has 182 valence electrons. The molecule has 0 heterocycles. The van der Waals surface area contributed by atoms with Crippen LogP contribution in [0.3, 0.4) is 0 Å². The number of benzene rings is 4. The standard InChI is InChI=1S/C30H27NO4S/c1-35-27-20-19-23(18-17-21-9-3-2-4-10-21)25-14-8-15-26(29(25)27)30(32)31-36(33,34)28-16-7-12-22-11-5-6-13-24(22)28/h2-7,9-13,16-20,26H,8,14-15H2,1H3,(H,31,32)/b18-17+. The summed E-state index contributed by atoms with van der Waals surface area (Å²) in [5.41, 5.74) is 3.87. The van der Waals surface area contributed by atoms with Crippen molar-refractivity contribution in [3.63, 3.8) is 0 Å². The highest BCUT2D eigenvalue weighted by molar-refractivity contribution is 7.90. The van der Waals surface area contributed by atoms with E-state index in [-0.39, 0.29) is 4.90 Å². The van der Waals surface area contributed by atoms with E-state index < -0.39 is 21.8 Å². The molecule has 1 N–H and O–H groups in total. The summed E-state index contributed by atoms with van der Waals surface area (Å²) >= 11 is 0. The molecule has 1 unspecified atom stereocenters. The molecule has 5 rings (SSSR count). The van der Waals surface area contributed by atoms with Crippen LogP contribution >= 0.6 is 0 Å². The Bertz CT molecular complexity index is 1550. The highest BCUT2D eigenvalue weighted by Crippen LogP contribution is 2.40. The fraction of sp³-hybridized carbons (Fsp3) is 0.167. The Morgan fingerprint density at radius 1 is 0.917 bits per heavy atom. The van der Waals surface area contributed by atoms with Crippen molar-refractivity contribution in [3.8, 4) is 5.75 Å². The maximum absolute atomic E-state index is 13.5. The Morgan fingerprint density at radius 2 is 1.67 bits per heavy atom. The number of sulfonamides is 1. The first kappa shape index (κ1) is 23.8. The van der Waals surface area contributed by atoms with E-state index in [1.165, 1.54) is 6.07 Å². The predicted octanol–water partition coefficient (Wildman–Crippen LogP) is 5.94. The molecule has 1 aliphatic rings. The molecule has 0 bridgehead atoms. The van der Waals surface area contributed by atoms with Gasteiger partial charge in [0, 0.05) is 10.9 Å². The van der Waals surface area contributed by atoms with Gasteiger partial charge in [-0.05, 0) is 53.5 Å². The fourth-order valence-electron chi connectivity index (χ4n) is 4.98. The maximum atomic E-state index is 13.5. The summed E-state index contributed by atoms with van der Waals surface area (Å²) in [5, 5.41) is 1.38. The first-order valence-electron chi connectivity index (χ1n) is 12.0. The zero-order chi connectivity index (χ0) is 25.1. The van der Waals surface area contributed by atoms with Crippen LogP contribution in [0.2, 0.25) is 0 Å². The third kappa shape index (κ3) is 4.64. The van der Waals surface area contributed by atoms with Gasteiger partial charge >= 0.3 is 0 Å². The van der Waals surface area contributed by atoms with Gasteiger partial charge in [-0.25, -0.2) is 13.1 Å². The summed E-state index contributed by atoms with van der Waals surface area (Å²) in [7, 11) is -2.49. The van der Waals surface area contributed by atoms with Gasteiger partial charge in [-0.3, -0.25) is 4.79 Å². The number of amides is 1. The topological polar surface area (TPSA) is 72.5 Å². The van der Waals surface area contributed by atoms with Crippen LogP contribution in [0, 0.1) is 0 Å². The Hall–Kier alpha value is -3.90. The van der Waals surface area contributed by atoms with E-state index in [2.05, 4.69) is 4.72 Å². The molecule has 4 aromatic rings. The molecule has 0 radical (unpaired) electrons. The van der Waals surface area contributed by atoms with Gasteiger partial charge in [-0.2, -0.15) is 0 Å². The molecule has 0 spiro atoms. The third-order valence-corrected chi connectivity index (χ3v) is 8.09. The molecule has 5 nitrogen and oxygen atoms in total. The molecular formula is C30H27NO4S. The fourth-order valence-corrected chi connectivity index (χ4v) is 6.23. The lowest BCUT2D eigenvalue weighted by atomic mass is 9.79. The van der Waals surface area contributed by atoms with Gasteiger partial charge in [0.25, 0.3) is 10.0 Å². The number of hydrogen-bond acceptors (Lipinski definition) is 4. The molecule has 6 heteroatoms. The summed E-state index contributed by atoms with van der Waals surface area (Å²) in [6.45, 7) is 0. The second-order valence-corrected chi connectivity index (χ2v) is 10.5. The number of ether oxygens (including phenoxy) is 1. The minimum absolute atomic E-state index is 0.0940. The van der Waals surface area contributed by atoms with E-state index in [4.69, 9.17) is 4.74 Å². The minimum atomic E-state index is -4.07. The van der Waals surface area contributed by atoms with Crippen molar-refractivity contribution < 1.29 is 17.9 Å². The van der Waals surface area contributed by atoms with Gasteiger partial charge in [0.05, 0.1) is 17.9 Å². The van der Waals surface area contributed by atoms with Crippen molar-refractivity contribution >= 4 is 38.9 Å². The van der Waals surface area contributed by atoms with E-state index in [1.807, 2.05) is 72.8 Å². The molecule has 4 aromatic carbocycles. The van der Waals surface area contributed by atoms with Crippen LogP contribution in [0.25, 0.3) is 22.9 Å². The van der Waals surface area contributed by atoms with E-state index in [9.17, 15) is 13.2 Å². The van der Waals surface area contributed by atoms with Crippen molar-refractivity contribution in [1.29, 1.82) is 0 Å². The van der Waals surface area contributed by atoms with Crippen LogP contribution in [0.1, 0.15) is 41.0 Å². The molecule has 0 fully saturated rings. The first-order valence-corrected chi connectivity index (χ1v) is 13.4. The number of hydrogen-bond donors (Lipinski definition) is 1. The molecule has 0 aromatic heterocycles. The van der Waals surface area contributed by atoms with Crippen LogP contribution in [-0.4, -0.2) is 21.4 Å². The number of nitrogens with one attached hydrogen (secondary N) is 1. The van der Waals surface area contributed by atoms with Crippen molar-refractivity contribution in [2.75, 3.05) is 7.11 Å². The lowest BCUT2D eigenvalue weighted by molar-refractivity contribution is -0.121. The minimum Gasteiger partial charge on any atom is -0.496 e. The van der Waals surface area contributed by atoms with Crippen molar-refractivity contribution in [1.82, 2.24) is 4.72 Å². The number of rotatable bonds is 6. The van der Waals surface area contributed by atoms with Gasteiger partial charge in [0.15, 0.2) is 0 Å². The van der Waals surface area contributed by atoms with Gasteiger partial charge in [0.2, 0.25) is 5.91 Å². The molecule has 1 aliphatic carbocycles. The highest BCUT2D eigenvalue weighted by Gasteiger charge is 2.33. The van der Waals surface area contributed by atoms with E-state index in [0.717, 1.165) is 40.5 Å². The Morgan fingerprint density at radius 3 is 2.47 bits per heavy atom. The largest absolute Gasteiger partial charge is 0.496 e. The van der Waals surface area contributed by atoms with E-state index in [0.29, 0.717) is 17.6 Å². The molecular weight excluding hydrogens is 470 g/mol. The predicted molar refractivity (Wildman–Crippen MR) is 143 cm³/mol. The van der Waals surface area contributed by atoms with Gasteiger partial charge in [-0.15, -0.1) is 0 Å². The summed E-state index contributed by atoms with van der Waals surface area (Å²) in [6.07, 6.45) is 6.20. The second kappa shape index (κ2) is 9.99. The number of carbonyl (C=O) groups is 1. The monoisotopic (exact) mass is 497 g/mol. The lowest BCUT2D eigenvalue weighted by Gasteiger charge is -2.28. The average molecular weight is 498 g/mol. The SMILES string of the molecule is COc1ccc(/C=C/c2ccccc2)c2c1C(C(=O)NS(=O)(=O)c1cccc3ccccc13)CCC2. The molecule has 1 amide bonds. The van der Waals surface area contributed by atoms with Gasteiger partial charge in [0.1, 0.15) is 5.75 Å².